The number of carbonyl (C=O) groups is 2. The minimum absolute atomic E-state index is 0.436. The summed E-state index contributed by atoms with van der Waals surface area (Å²) >= 11 is 3.40. The molecular weight excluding hydrogens is 326 g/mol. The number of nitrogens with two attached hydrogens (primary N) is 1. The first-order chi connectivity index (χ1) is 9.35. The molecule has 0 saturated carbocycles. The lowest BCUT2D eigenvalue weighted by molar-refractivity contribution is -0.124. The zero-order valence-corrected chi connectivity index (χ0v) is 13.2. The molecule has 0 heterocycles. The van der Waals surface area contributed by atoms with Crippen molar-refractivity contribution in [2.24, 2.45) is 5.73 Å². The summed E-state index contributed by atoms with van der Waals surface area (Å²) in [5.41, 5.74) is 5.87. The minimum Gasteiger partial charge on any atom is -0.496 e. The molecule has 3 amide bonds. The summed E-state index contributed by atoms with van der Waals surface area (Å²) in [7, 11) is 3.38. The number of nitrogens with one attached hydrogen (secondary N) is 1. The van der Waals surface area contributed by atoms with E-state index in [9.17, 15) is 9.59 Å². The second-order valence-electron chi connectivity index (χ2n) is 4.40. The van der Waals surface area contributed by atoms with Crippen molar-refractivity contribution in [2.75, 3.05) is 14.2 Å². The summed E-state index contributed by atoms with van der Waals surface area (Å²) in [5.74, 6) is 0.302. The van der Waals surface area contributed by atoms with Gasteiger partial charge in [0.1, 0.15) is 5.75 Å². The average molecular weight is 344 g/mol. The van der Waals surface area contributed by atoms with Crippen molar-refractivity contribution in [3.8, 4) is 5.75 Å². The van der Waals surface area contributed by atoms with Crippen LogP contribution in [0.2, 0.25) is 0 Å². The Kier molecular flexibility index (Phi) is 5.97. The predicted molar refractivity (Wildman–Crippen MR) is 79.3 cm³/mol. The monoisotopic (exact) mass is 343 g/mol. The Morgan fingerprint density at radius 1 is 1.50 bits per heavy atom. The number of methoxy groups -OCH3 is 1. The van der Waals surface area contributed by atoms with E-state index in [1.165, 1.54) is 0 Å². The molecule has 1 rings (SSSR count). The molecule has 1 unspecified atom stereocenters. The van der Waals surface area contributed by atoms with Crippen molar-refractivity contribution in [1.29, 1.82) is 0 Å². The van der Waals surface area contributed by atoms with E-state index in [1.807, 2.05) is 18.2 Å². The largest absolute Gasteiger partial charge is 0.496 e. The van der Waals surface area contributed by atoms with Gasteiger partial charge in [0.15, 0.2) is 0 Å². The van der Waals surface area contributed by atoms with E-state index < -0.39 is 18.0 Å². The molecule has 20 heavy (non-hydrogen) atoms. The van der Waals surface area contributed by atoms with E-state index in [2.05, 4.69) is 21.2 Å². The van der Waals surface area contributed by atoms with Crippen LogP contribution in [0.15, 0.2) is 22.7 Å². The zero-order chi connectivity index (χ0) is 15.3. The van der Waals surface area contributed by atoms with Crippen LogP contribution in [-0.2, 0) is 11.3 Å². The normalized spacial score (nSPS) is 12.1. The van der Waals surface area contributed by atoms with Crippen molar-refractivity contribution in [3.05, 3.63) is 28.2 Å². The highest BCUT2D eigenvalue weighted by molar-refractivity contribution is 9.10. The number of halogens is 1. The van der Waals surface area contributed by atoms with Crippen LogP contribution in [-0.4, -0.2) is 37.0 Å². The van der Waals surface area contributed by atoms with Gasteiger partial charge in [-0.3, -0.25) is 15.0 Å². The first-order valence-corrected chi connectivity index (χ1v) is 6.77. The highest BCUT2D eigenvalue weighted by atomic mass is 79.9. The SMILES string of the molecule is COc1ccc(Br)cc1CN(C)C(C)C(=O)NC(N)=O. The number of hydrogen-bond donors (Lipinski definition) is 2. The molecule has 6 nitrogen and oxygen atoms in total. The fourth-order valence-electron chi connectivity index (χ4n) is 1.70. The maximum atomic E-state index is 11.7. The minimum atomic E-state index is -0.852. The van der Waals surface area contributed by atoms with E-state index in [0.29, 0.717) is 6.54 Å². The molecule has 1 aromatic rings. The third-order valence-corrected chi connectivity index (χ3v) is 3.44. The van der Waals surface area contributed by atoms with Gasteiger partial charge in [-0.15, -0.1) is 0 Å². The second-order valence-corrected chi connectivity index (χ2v) is 5.32. The van der Waals surface area contributed by atoms with Crippen molar-refractivity contribution in [1.82, 2.24) is 10.2 Å². The molecule has 3 N–H and O–H groups in total. The Bertz CT molecular complexity index is 508. The Hall–Kier alpha value is -1.60. The lowest BCUT2D eigenvalue weighted by Gasteiger charge is -2.24. The molecule has 7 heteroatoms. The van der Waals surface area contributed by atoms with Gasteiger partial charge in [0.2, 0.25) is 5.91 Å². The molecule has 0 aliphatic heterocycles. The van der Waals surface area contributed by atoms with Crippen LogP contribution in [0.1, 0.15) is 12.5 Å². The molecule has 0 saturated heterocycles. The molecule has 110 valence electrons. The standard InChI is InChI=1S/C13H18BrN3O3/c1-8(12(18)16-13(15)19)17(2)7-9-6-10(14)4-5-11(9)20-3/h4-6,8H,7H2,1-3H3,(H3,15,16,18,19). The van der Waals surface area contributed by atoms with Crippen molar-refractivity contribution < 1.29 is 14.3 Å². The van der Waals surface area contributed by atoms with Crippen LogP contribution in [0.5, 0.6) is 5.75 Å². The van der Waals surface area contributed by atoms with Crippen molar-refractivity contribution in [2.45, 2.75) is 19.5 Å². The number of imide groups is 1. The molecule has 0 aliphatic carbocycles. The highest BCUT2D eigenvalue weighted by Gasteiger charge is 2.20. The van der Waals surface area contributed by atoms with Gasteiger partial charge < -0.3 is 10.5 Å². The van der Waals surface area contributed by atoms with E-state index in [-0.39, 0.29) is 0 Å². The summed E-state index contributed by atoms with van der Waals surface area (Å²) < 4.78 is 6.21. The first kappa shape index (κ1) is 16.5. The Morgan fingerprint density at radius 3 is 2.70 bits per heavy atom. The quantitative estimate of drug-likeness (QED) is 0.847. The van der Waals surface area contributed by atoms with E-state index in [1.54, 1.807) is 26.0 Å². The number of nitrogens with zero attached hydrogens (tertiary/aromatic N) is 1. The molecule has 0 aliphatic rings. The Labute approximate surface area is 126 Å². The second kappa shape index (κ2) is 7.25. The van der Waals surface area contributed by atoms with Crippen LogP contribution < -0.4 is 15.8 Å². The fourth-order valence-corrected chi connectivity index (χ4v) is 2.11. The van der Waals surface area contributed by atoms with Gasteiger partial charge in [-0.1, -0.05) is 15.9 Å². The van der Waals surface area contributed by atoms with Crippen molar-refractivity contribution in [3.63, 3.8) is 0 Å². The number of likely N-dealkylation sites (N-methyl/N-ethyl adjacent to an activating group) is 1. The summed E-state index contributed by atoms with van der Waals surface area (Å²) in [6.07, 6.45) is 0. The highest BCUT2D eigenvalue weighted by Crippen LogP contribution is 2.24. The Morgan fingerprint density at radius 2 is 2.15 bits per heavy atom. The van der Waals surface area contributed by atoms with E-state index in [4.69, 9.17) is 10.5 Å². The van der Waals surface area contributed by atoms with Crippen LogP contribution in [0.4, 0.5) is 4.79 Å². The fraction of sp³-hybridized carbons (Fsp3) is 0.385. The molecule has 0 bridgehead atoms. The van der Waals surface area contributed by atoms with Gasteiger partial charge in [-0.05, 0) is 32.2 Å². The lowest BCUT2D eigenvalue weighted by atomic mass is 10.1. The molecular formula is C13H18BrN3O3. The van der Waals surface area contributed by atoms with Gasteiger partial charge >= 0.3 is 6.03 Å². The number of benzene rings is 1. The number of rotatable bonds is 5. The number of ether oxygens (including phenoxy) is 1. The third-order valence-electron chi connectivity index (χ3n) is 2.95. The summed E-state index contributed by atoms with van der Waals surface area (Å²) in [6.45, 7) is 2.19. The lowest BCUT2D eigenvalue weighted by Crippen LogP contribution is -2.46. The van der Waals surface area contributed by atoms with Gasteiger partial charge in [-0.2, -0.15) is 0 Å². The zero-order valence-electron chi connectivity index (χ0n) is 11.6. The van der Waals surface area contributed by atoms with Crippen LogP contribution >= 0.6 is 15.9 Å². The molecule has 1 atom stereocenters. The maximum Gasteiger partial charge on any atom is 0.318 e. The molecule has 1 aromatic carbocycles. The maximum absolute atomic E-state index is 11.7. The van der Waals surface area contributed by atoms with Gasteiger partial charge in [0.05, 0.1) is 13.2 Å². The molecule has 0 aromatic heterocycles. The van der Waals surface area contributed by atoms with Crippen LogP contribution in [0, 0.1) is 0 Å². The van der Waals surface area contributed by atoms with Crippen LogP contribution in [0.25, 0.3) is 0 Å². The smallest absolute Gasteiger partial charge is 0.318 e. The van der Waals surface area contributed by atoms with Crippen LogP contribution in [0.3, 0.4) is 0 Å². The number of hydrogen-bond acceptors (Lipinski definition) is 4. The average Bonchev–Trinajstić information content (AvgIpc) is 2.37. The number of primary amides is 1. The number of urea groups is 1. The summed E-state index contributed by atoms with van der Waals surface area (Å²) in [5, 5.41) is 2.07. The molecule has 0 fully saturated rings. The topological polar surface area (TPSA) is 84.7 Å². The number of carbonyl (C=O) groups excluding carboxylic acids is 2. The third kappa shape index (κ3) is 4.50. The van der Waals surface area contributed by atoms with E-state index >= 15 is 0 Å². The summed E-state index contributed by atoms with van der Waals surface area (Å²) in [4.78, 5) is 24.2. The first-order valence-electron chi connectivity index (χ1n) is 5.98. The molecule has 0 spiro atoms. The Balaban J connectivity index is 2.79. The van der Waals surface area contributed by atoms with Gasteiger partial charge in [0.25, 0.3) is 0 Å². The van der Waals surface area contributed by atoms with Gasteiger partial charge in [0, 0.05) is 16.6 Å². The predicted octanol–water partition coefficient (Wildman–Crippen LogP) is 1.47. The van der Waals surface area contributed by atoms with Gasteiger partial charge in [-0.25, -0.2) is 4.79 Å². The van der Waals surface area contributed by atoms with E-state index in [0.717, 1.165) is 15.8 Å². The van der Waals surface area contributed by atoms with Crippen molar-refractivity contribution >= 4 is 27.9 Å². The molecule has 0 radical (unpaired) electrons. The summed E-state index contributed by atoms with van der Waals surface area (Å²) in [6, 6.07) is 4.31. The number of amides is 3.